The quantitative estimate of drug-likeness (QED) is 0.778. The molecule has 0 unspecified atom stereocenters. The van der Waals surface area contributed by atoms with Crippen molar-refractivity contribution in [1.82, 2.24) is 0 Å². The Morgan fingerprint density at radius 1 is 1.39 bits per heavy atom. The maximum atomic E-state index is 13.1. The summed E-state index contributed by atoms with van der Waals surface area (Å²) in [6, 6.07) is 8.28. The molecule has 1 aromatic rings. The normalized spacial score (nSPS) is 26.8. The van der Waals surface area contributed by atoms with Gasteiger partial charge in [0.15, 0.2) is 5.41 Å². The predicted molar refractivity (Wildman–Crippen MR) is 58.9 cm³/mol. The summed E-state index contributed by atoms with van der Waals surface area (Å²) in [6.07, 6.45) is -4.79. The van der Waals surface area contributed by atoms with E-state index >= 15 is 0 Å². The zero-order valence-electron chi connectivity index (χ0n) is 9.83. The summed E-state index contributed by atoms with van der Waals surface area (Å²) < 4.78 is 43.9. The number of esters is 1. The van der Waals surface area contributed by atoms with E-state index in [1.165, 1.54) is 6.92 Å². The first-order valence-corrected chi connectivity index (χ1v) is 5.72. The van der Waals surface area contributed by atoms with Crippen LogP contribution in [0.4, 0.5) is 13.2 Å². The number of ether oxygens (including phenoxy) is 1. The Kier molecular flexibility index (Phi) is 3.09. The molecule has 0 amide bonds. The van der Waals surface area contributed by atoms with Gasteiger partial charge in [0.05, 0.1) is 6.61 Å². The molecule has 2 nitrogen and oxygen atoms in total. The van der Waals surface area contributed by atoms with E-state index in [2.05, 4.69) is 4.74 Å². The monoisotopic (exact) mass is 258 g/mol. The minimum Gasteiger partial charge on any atom is -0.465 e. The largest absolute Gasteiger partial charge is 0.465 e. The molecule has 0 heterocycles. The highest BCUT2D eigenvalue weighted by molar-refractivity contribution is 5.83. The summed E-state index contributed by atoms with van der Waals surface area (Å²) in [5.41, 5.74) is -1.81. The van der Waals surface area contributed by atoms with Gasteiger partial charge in [0.25, 0.3) is 0 Å². The van der Waals surface area contributed by atoms with Crippen molar-refractivity contribution in [3.05, 3.63) is 35.9 Å². The van der Waals surface area contributed by atoms with Crippen LogP contribution in [-0.2, 0) is 9.53 Å². The highest BCUT2D eigenvalue weighted by Gasteiger charge is 2.76. The lowest BCUT2D eigenvalue weighted by molar-refractivity contribution is -0.207. The molecule has 5 heteroatoms. The minimum atomic E-state index is -4.57. The molecule has 0 aliphatic heterocycles. The van der Waals surface area contributed by atoms with Crippen molar-refractivity contribution in [1.29, 1.82) is 0 Å². The molecule has 0 saturated heterocycles. The van der Waals surface area contributed by atoms with Crippen molar-refractivity contribution < 1.29 is 22.7 Å². The average molecular weight is 258 g/mol. The van der Waals surface area contributed by atoms with Gasteiger partial charge >= 0.3 is 12.1 Å². The van der Waals surface area contributed by atoms with Crippen LogP contribution >= 0.6 is 0 Å². The van der Waals surface area contributed by atoms with Gasteiger partial charge in [0, 0.05) is 5.92 Å². The minimum absolute atomic E-state index is 0.0435. The van der Waals surface area contributed by atoms with Gasteiger partial charge in [-0.25, -0.2) is 0 Å². The first-order valence-electron chi connectivity index (χ1n) is 5.72. The Labute approximate surface area is 103 Å². The third-order valence-corrected chi connectivity index (χ3v) is 3.31. The number of rotatable bonds is 3. The Hall–Kier alpha value is -1.52. The number of hydrogen-bond acceptors (Lipinski definition) is 2. The van der Waals surface area contributed by atoms with Crippen LogP contribution in [0.3, 0.4) is 0 Å². The third-order valence-electron chi connectivity index (χ3n) is 3.31. The van der Waals surface area contributed by atoms with Crippen molar-refractivity contribution in [3.63, 3.8) is 0 Å². The fourth-order valence-electron chi connectivity index (χ4n) is 2.27. The molecule has 0 radical (unpaired) electrons. The Bertz CT molecular complexity index is 441. The molecular weight excluding hydrogens is 245 g/mol. The number of halogens is 3. The molecular formula is C13H13F3O2. The van der Waals surface area contributed by atoms with E-state index in [0.29, 0.717) is 5.56 Å². The fraction of sp³-hybridized carbons (Fsp3) is 0.462. The molecule has 1 aromatic carbocycles. The van der Waals surface area contributed by atoms with E-state index in [-0.39, 0.29) is 13.0 Å². The van der Waals surface area contributed by atoms with Crippen molar-refractivity contribution in [2.45, 2.75) is 25.4 Å². The van der Waals surface area contributed by atoms with Crippen molar-refractivity contribution in [2.75, 3.05) is 6.61 Å². The lowest BCUT2D eigenvalue weighted by Crippen LogP contribution is -2.35. The molecule has 1 aliphatic rings. The first kappa shape index (κ1) is 12.9. The summed E-state index contributed by atoms with van der Waals surface area (Å²) in [5.74, 6) is -1.98. The smallest absolute Gasteiger partial charge is 0.405 e. The standard InChI is InChI=1S/C13H13F3O2/c1-2-18-11(17)12(13(14,15)16)8-10(12)9-6-4-3-5-7-9/h3-7,10H,2,8H2,1H3/t10-,12-/m0/s1. The predicted octanol–water partition coefficient (Wildman–Crippen LogP) is 3.29. The van der Waals surface area contributed by atoms with Crippen LogP contribution in [0.1, 0.15) is 24.8 Å². The zero-order valence-corrected chi connectivity index (χ0v) is 9.83. The number of carbonyl (C=O) groups excluding carboxylic acids is 1. The molecule has 1 aliphatic carbocycles. The van der Waals surface area contributed by atoms with Crippen LogP contribution < -0.4 is 0 Å². The Morgan fingerprint density at radius 2 is 2.00 bits per heavy atom. The molecule has 18 heavy (non-hydrogen) atoms. The average Bonchev–Trinajstić information content (AvgIpc) is 3.06. The number of hydrogen-bond donors (Lipinski definition) is 0. The van der Waals surface area contributed by atoms with Crippen LogP contribution in [0.15, 0.2) is 30.3 Å². The van der Waals surface area contributed by atoms with E-state index in [0.717, 1.165) is 0 Å². The summed E-state index contributed by atoms with van der Waals surface area (Å²) in [6.45, 7) is 1.46. The van der Waals surface area contributed by atoms with Gasteiger partial charge in [-0.1, -0.05) is 30.3 Å². The van der Waals surface area contributed by atoms with Crippen LogP contribution in [-0.4, -0.2) is 18.8 Å². The highest BCUT2D eigenvalue weighted by Crippen LogP contribution is 2.67. The molecule has 1 saturated carbocycles. The number of alkyl halides is 3. The topological polar surface area (TPSA) is 26.3 Å². The summed E-state index contributed by atoms with van der Waals surface area (Å²) in [7, 11) is 0. The number of carbonyl (C=O) groups is 1. The molecule has 0 aromatic heterocycles. The van der Waals surface area contributed by atoms with Gasteiger partial charge in [0.1, 0.15) is 0 Å². The zero-order chi connectivity index (χ0) is 13.4. The number of benzene rings is 1. The van der Waals surface area contributed by atoms with E-state index in [9.17, 15) is 18.0 Å². The molecule has 98 valence electrons. The Balaban J connectivity index is 2.30. The fourth-order valence-corrected chi connectivity index (χ4v) is 2.27. The molecule has 2 atom stereocenters. The lowest BCUT2D eigenvalue weighted by Gasteiger charge is -2.19. The van der Waals surface area contributed by atoms with Crippen LogP contribution in [0.5, 0.6) is 0 Å². The lowest BCUT2D eigenvalue weighted by atomic mass is 9.98. The molecule has 2 rings (SSSR count). The van der Waals surface area contributed by atoms with Gasteiger partial charge in [-0.05, 0) is 18.9 Å². The van der Waals surface area contributed by atoms with Crippen molar-refractivity contribution in [2.24, 2.45) is 5.41 Å². The SMILES string of the molecule is CCOC(=O)[C@]1(C(F)(F)F)C[C@H]1c1ccccc1. The van der Waals surface area contributed by atoms with Gasteiger partial charge in [-0.2, -0.15) is 13.2 Å². The van der Waals surface area contributed by atoms with Crippen molar-refractivity contribution in [3.8, 4) is 0 Å². The second-order valence-corrected chi connectivity index (χ2v) is 4.36. The van der Waals surface area contributed by atoms with E-state index in [4.69, 9.17) is 0 Å². The Morgan fingerprint density at radius 3 is 2.50 bits per heavy atom. The molecule has 0 spiro atoms. The summed E-state index contributed by atoms with van der Waals surface area (Å²) in [5, 5.41) is 0. The van der Waals surface area contributed by atoms with E-state index in [1.54, 1.807) is 30.3 Å². The maximum Gasteiger partial charge on any atom is 0.405 e. The van der Waals surface area contributed by atoms with Crippen LogP contribution in [0.2, 0.25) is 0 Å². The maximum absolute atomic E-state index is 13.1. The summed E-state index contributed by atoms with van der Waals surface area (Å²) >= 11 is 0. The van der Waals surface area contributed by atoms with E-state index in [1.807, 2.05) is 0 Å². The molecule has 0 N–H and O–H groups in total. The molecule has 1 fully saturated rings. The van der Waals surface area contributed by atoms with Gasteiger partial charge in [-0.15, -0.1) is 0 Å². The second kappa shape index (κ2) is 4.30. The van der Waals surface area contributed by atoms with Gasteiger partial charge in [-0.3, -0.25) is 4.79 Å². The second-order valence-electron chi connectivity index (χ2n) is 4.36. The van der Waals surface area contributed by atoms with Crippen LogP contribution in [0.25, 0.3) is 0 Å². The van der Waals surface area contributed by atoms with Gasteiger partial charge < -0.3 is 4.74 Å². The third kappa shape index (κ3) is 1.87. The van der Waals surface area contributed by atoms with Crippen LogP contribution in [0, 0.1) is 5.41 Å². The highest BCUT2D eigenvalue weighted by atomic mass is 19.4. The van der Waals surface area contributed by atoms with E-state index < -0.39 is 23.5 Å². The van der Waals surface area contributed by atoms with Gasteiger partial charge in [0.2, 0.25) is 0 Å². The summed E-state index contributed by atoms with van der Waals surface area (Å²) in [4.78, 5) is 11.6. The molecule has 0 bridgehead atoms. The van der Waals surface area contributed by atoms with Crippen molar-refractivity contribution >= 4 is 5.97 Å². The first-order chi connectivity index (χ1) is 8.43.